The van der Waals surface area contributed by atoms with Gasteiger partial charge in [-0.25, -0.2) is 0 Å². The Morgan fingerprint density at radius 3 is 2.16 bits per heavy atom. The van der Waals surface area contributed by atoms with Crippen molar-refractivity contribution in [1.29, 1.82) is 0 Å². The van der Waals surface area contributed by atoms with Crippen molar-refractivity contribution < 1.29 is 38.0 Å². The van der Waals surface area contributed by atoms with Crippen LogP contribution in [0.15, 0.2) is 0 Å². The Hall–Kier alpha value is -1.06. The zero-order valence-electron chi connectivity index (χ0n) is 28.1. The topological polar surface area (TPSA) is 89.5 Å². The number of carbonyl (C=O) groups is 2. The maximum Gasteiger partial charge on any atom is 0.308 e. The summed E-state index contributed by atoms with van der Waals surface area (Å²) in [5, 5.41) is 0. The summed E-state index contributed by atoms with van der Waals surface area (Å²) in [6, 6.07) is 0. The second kappa shape index (κ2) is 19.1. The lowest BCUT2D eigenvalue weighted by atomic mass is 9.83. The predicted octanol–water partition coefficient (Wildman–Crippen LogP) is 8.03. The quantitative estimate of drug-likeness (QED) is 0.117. The minimum atomic E-state index is -0.354. The SMILES string of the molecule is CCC1CCC([C@@H](CC[C@H]2[C@H](OC3CCCCO3)CC(=O)[C@@H]2CCCCCCC(=O)OC2CCCCO2)OC2CCCCO2)C1. The third-order valence-electron chi connectivity index (χ3n) is 11.3. The maximum absolute atomic E-state index is 13.5. The number of rotatable bonds is 17. The molecule has 0 aromatic rings. The standard InChI is InChI=1S/C37H62O8/c1-2-27-18-19-28(25-27)32(43-35-15-7-10-22-40-35)21-20-30-29(31(38)26-33(30)44-36-16-8-11-23-41-36)13-5-3-4-6-14-34(39)45-37-17-9-12-24-42-37/h27-30,32-33,35-37H,2-26H2,1H3/t27?,28?,29-,30-,32-,33-,35?,36?,37?/m1/s1. The van der Waals surface area contributed by atoms with Crippen LogP contribution in [0.2, 0.25) is 0 Å². The zero-order chi connectivity index (χ0) is 31.3. The molecule has 0 N–H and O–H groups in total. The molecular weight excluding hydrogens is 572 g/mol. The highest BCUT2D eigenvalue weighted by Crippen LogP contribution is 2.43. The molecule has 3 saturated heterocycles. The molecule has 0 amide bonds. The fourth-order valence-electron chi connectivity index (χ4n) is 8.53. The largest absolute Gasteiger partial charge is 0.436 e. The van der Waals surface area contributed by atoms with Gasteiger partial charge in [-0.3, -0.25) is 9.59 Å². The molecule has 5 rings (SSSR count). The first-order valence-electron chi connectivity index (χ1n) is 19.0. The molecule has 2 saturated carbocycles. The van der Waals surface area contributed by atoms with Crippen molar-refractivity contribution in [2.75, 3.05) is 19.8 Å². The van der Waals surface area contributed by atoms with Crippen molar-refractivity contribution in [2.24, 2.45) is 23.7 Å². The van der Waals surface area contributed by atoms with Crippen LogP contribution in [0.3, 0.4) is 0 Å². The van der Waals surface area contributed by atoms with Crippen molar-refractivity contribution in [3.63, 3.8) is 0 Å². The molecule has 3 aliphatic heterocycles. The van der Waals surface area contributed by atoms with Gasteiger partial charge in [-0.15, -0.1) is 0 Å². The van der Waals surface area contributed by atoms with Crippen LogP contribution in [0.1, 0.15) is 148 Å². The number of hydrogen-bond acceptors (Lipinski definition) is 8. The number of unbranched alkanes of at least 4 members (excludes halogenated alkanes) is 3. The van der Waals surface area contributed by atoms with Crippen LogP contribution in [0, 0.1) is 23.7 Å². The van der Waals surface area contributed by atoms with Gasteiger partial charge in [0.15, 0.2) is 12.6 Å². The predicted molar refractivity (Wildman–Crippen MR) is 171 cm³/mol. The van der Waals surface area contributed by atoms with Crippen molar-refractivity contribution in [3.05, 3.63) is 0 Å². The third-order valence-corrected chi connectivity index (χ3v) is 11.3. The summed E-state index contributed by atoms with van der Waals surface area (Å²) < 4.78 is 36.3. The van der Waals surface area contributed by atoms with Crippen LogP contribution in [0.25, 0.3) is 0 Å². The molecule has 9 atom stereocenters. The van der Waals surface area contributed by atoms with Crippen molar-refractivity contribution >= 4 is 11.8 Å². The summed E-state index contributed by atoms with van der Waals surface area (Å²) in [5.74, 6) is 1.82. The van der Waals surface area contributed by atoms with Gasteiger partial charge < -0.3 is 28.4 Å². The molecule has 0 radical (unpaired) electrons. The number of ether oxygens (including phenoxy) is 6. The third kappa shape index (κ3) is 11.3. The van der Waals surface area contributed by atoms with Crippen LogP contribution < -0.4 is 0 Å². The van der Waals surface area contributed by atoms with Gasteiger partial charge in [0.1, 0.15) is 5.78 Å². The first-order valence-corrected chi connectivity index (χ1v) is 19.0. The van der Waals surface area contributed by atoms with Crippen LogP contribution in [-0.2, 0) is 38.0 Å². The van der Waals surface area contributed by atoms with E-state index in [1.165, 1.54) is 32.1 Å². The second-order valence-electron chi connectivity index (χ2n) is 14.5. The van der Waals surface area contributed by atoms with E-state index in [0.29, 0.717) is 31.1 Å². The number of ketones is 1. The highest BCUT2D eigenvalue weighted by atomic mass is 16.7. The highest BCUT2D eigenvalue weighted by Gasteiger charge is 2.44. The van der Waals surface area contributed by atoms with Crippen molar-refractivity contribution in [1.82, 2.24) is 0 Å². The van der Waals surface area contributed by atoms with Gasteiger partial charge in [0, 0.05) is 38.4 Å². The lowest BCUT2D eigenvalue weighted by Gasteiger charge is -2.34. The van der Waals surface area contributed by atoms with Gasteiger partial charge in [0.2, 0.25) is 6.29 Å². The Morgan fingerprint density at radius 1 is 0.800 bits per heavy atom. The molecule has 45 heavy (non-hydrogen) atoms. The molecule has 3 heterocycles. The van der Waals surface area contributed by atoms with Crippen molar-refractivity contribution in [3.8, 4) is 0 Å². The molecule has 5 aliphatic rings. The maximum atomic E-state index is 13.5. The molecule has 8 nitrogen and oxygen atoms in total. The number of carbonyl (C=O) groups excluding carboxylic acids is 2. The molecular formula is C37H62O8. The number of hydrogen-bond donors (Lipinski definition) is 0. The summed E-state index contributed by atoms with van der Waals surface area (Å²) >= 11 is 0. The van der Waals surface area contributed by atoms with Crippen LogP contribution >= 0.6 is 0 Å². The van der Waals surface area contributed by atoms with E-state index in [0.717, 1.165) is 115 Å². The van der Waals surface area contributed by atoms with Crippen molar-refractivity contribution in [2.45, 2.75) is 179 Å². The monoisotopic (exact) mass is 634 g/mol. The first kappa shape index (κ1) is 35.3. The van der Waals surface area contributed by atoms with Gasteiger partial charge >= 0.3 is 5.97 Å². The Bertz CT molecular complexity index is 862. The fourth-order valence-corrected chi connectivity index (χ4v) is 8.53. The molecule has 0 aromatic heterocycles. The van der Waals surface area contributed by atoms with Crippen LogP contribution in [-0.4, -0.2) is 62.7 Å². The molecule has 8 heteroatoms. The Balaban J connectivity index is 1.13. The zero-order valence-corrected chi connectivity index (χ0v) is 28.1. The Morgan fingerprint density at radius 2 is 1.49 bits per heavy atom. The average Bonchev–Trinajstić information content (AvgIpc) is 3.66. The number of esters is 1. The summed E-state index contributed by atoms with van der Waals surface area (Å²) in [6.07, 6.45) is 21.4. The number of Topliss-reactive ketones (excluding diaryl/α,β-unsaturated/α-hetero) is 1. The Kier molecular flexibility index (Phi) is 14.9. The van der Waals surface area contributed by atoms with Gasteiger partial charge in [0.25, 0.3) is 0 Å². The van der Waals surface area contributed by atoms with E-state index in [-0.39, 0.29) is 48.9 Å². The van der Waals surface area contributed by atoms with Crippen LogP contribution in [0.5, 0.6) is 0 Å². The molecule has 5 fully saturated rings. The Labute approximate surface area is 272 Å². The summed E-state index contributed by atoms with van der Waals surface area (Å²) in [4.78, 5) is 25.7. The molecule has 0 bridgehead atoms. The van der Waals surface area contributed by atoms with E-state index in [1.807, 2.05) is 0 Å². The van der Waals surface area contributed by atoms with E-state index in [4.69, 9.17) is 28.4 Å². The molecule has 258 valence electrons. The molecule has 0 spiro atoms. The van der Waals surface area contributed by atoms with Crippen LogP contribution in [0.4, 0.5) is 0 Å². The smallest absolute Gasteiger partial charge is 0.308 e. The second-order valence-corrected chi connectivity index (χ2v) is 14.5. The van der Waals surface area contributed by atoms with E-state index in [1.54, 1.807) is 0 Å². The molecule has 2 aliphatic carbocycles. The van der Waals surface area contributed by atoms with E-state index in [9.17, 15) is 9.59 Å². The van der Waals surface area contributed by atoms with Gasteiger partial charge in [-0.1, -0.05) is 39.0 Å². The van der Waals surface area contributed by atoms with E-state index >= 15 is 0 Å². The summed E-state index contributed by atoms with van der Waals surface area (Å²) in [7, 11) is 0. The summed E-state index contributed by atoms with van der Waals surface area (Å²) in [5.41, 5.74) is 0. The first-order chi connectivity index (χ1) is 22.1. The van der Waals surface area contributed by atoms with Gasteiger partial charge in [-0.2, -0.15) is 0 Å². The highest BCUT2D eigenvalue weighted by molar-refractivity contribution is 5.84. The minimum Gasteiger partial charge on any atom is -0.436 e. The van der Waals surface area contributed by atoms with Gasteiger partial charge in [0.05, 0.1) is 18.8 Å². The lowest BCUT2D eigenvalue weighted by Crippen LogP contribution is -2.34. The fraction of sp³-hybridized carbons (Fsp3) is 0.946. The van der Waals surface area contributed by atoms with E-state index < -0.39 is 0 Å². The van der Waals surface area contributed by atoms with E-state index in [2.05, 4.69) is 6.92 Å². The molecule has 0 aromatic carbocycles. The average molecular weight is 635 g/mol. The van der Waals surface area contributed by atoms with Gasteiger partial charge in [-0.05, 0) is 108 Å². The normalized spacial score (nSPS) is 35.0. The summed E-state index contributed by atoms with van der Waals surface area (Å²) in [6.45, 7) is 4.54. The lowest BCUT2D eigenvalue weighted by molar-refractivity contribution is -0.205. The molecule has 5 unspecified atom stereocenters. The minimum absolute atomic E-state index is 0.0329.